The number of hydrogen-bond donors (Lipinski definition) is 0. The summed E-state index contributed by atoms with van der Waals surface area (Å²) >= 11 is 0. The van der Waals surface area contributed by atoms with Crippen molar-refractivity contribution in [1.29, 1.82) is 0 Å². The van der Waals surface area contributed by atoms with Crippen LogP contribution in [0.5, 0.6) is 34.5 Å². The fourth-order valence-corrected chi connectivity index (χ4v) is 8.10. The molecule has 0 saturated heterocycles. The molecule has 4 nitrogen and oxygen atoms in total. The lowest BCUT2D eigenvalue weighted by Gasteiger charge is -2.43. The van der Waals surface area contributed by atoms with E-state index in [1.807, 2.05) is 24.3 Å². The van der Waals surface area contributed by atoms with E-state index in [0.717, 1.165) is 63.4 Å². The Hall–Kier alpha value is -4.64. The summed E-state index contributed by atoms with van der Waals surface area (Å²) in [5.74, 6) is 5.31. The largest absolute Gasteiger partial charge is 0.458 e. The van der Waals surface area contributed by atoms with Crippen molar-refractivity contribution in [2.24, 2.45) is 0 Å². The van der Waals surface area contributed by atoms with Gasteiger partial charge in [-0.2, -0.15) is 0 Å². The fourth-order valence-electron chi connectivity index (χ4n) is 8.10. The molecule has 0 N–H and O–H groups in total. The summed E-state index contributed by atoms with van der Waals surface area (Å²) in [6.07, 6.45) is 2.33. The van der Waals surface area contributed by atoms with Crippen LogP contribution >= 0.6 is 0 Å². The molecule has 0 amide bonds. The molecule has 0 radical (unpaired) electrons. The smallest absolute Gasteiger partial charge is 0.260 e. The van der Waals surface area contributed by atoms with Gasteiger partial charge >= 0.3 is 0 Å². The number of anilines is 3. The van der Waals surface area contributed by atoms with Gasteiger partial charge in [-0.3, -0.25) is 0 Å². The van der Waals surface area contributed by atoms with Crippen LogP contribution in [0, 0.1) is 0 Å². The Morgan fingerprint density at radius 2 is 1.11 bits per heavy atom. The lowest BCUT2D eigenvalue weighted by Crippen LogP contribution is -2.58. The highest BCUT2D eigenvalue weighted by atomic mass is 16.5. The minimum atomic E-state index is -0.0702. The zero-order valence-corrected chi connectivity index (χ0v) is 28.3. The van der Waals surface area contributed by atoms with Gasteiger partial charge in [-0.25, -0.2) is 0 Å². The van der Waals surface area contributed by atoms with E-state index in [2.05, 4.69) is 120 Å². The van der Waals surface area contributed by atoms with E-state index in [4.69, 9.17) is 14.2 Å². The maximum atomic E-state index is 6.93. The van der Waals surface area contributed by atoms with Crippen molar-refractivity contribution in [3.8, 4) is 34.5 Å². The summed E-state index contributed by atoms with van der Waals surface area (Å²) in [7, 11) is 0. The van der Waals surface area contributed by atoms with Gasteiger partial charge in [0.2, 0.25) is 0 Å². The van der Waals surface area contributed by atoms with Crippen LogP contribution in [-0.4, -0.2) is 6.71 Å². The molecule has 0 saturated carbocycles. The first-order valence-corrected chi connectivity index (χ1v) is 16.9. The molecule has 4 aliphatic rings. The Kier molecular flexibility index (Phi) is 5.76. The standard InChI is InChI=1S/C42H40BNO3/c1-40(2,3)25-20-37-39-38(21-25)47-36-24-28-27(41(4,5)18-19-42(28,6)7)23-30(36)43(39)29-17-16-26(22-35(29)46-37)44-31-12-8-10-14-33(31)45-34-15-11-9-13-32(34)44/h8-17,20-24H,18-19H2,1-7H3. The van der Waals surface area contributed by atoms with Crippen molar-refractivity contribution in [1.82, 2.24) is 0 Å². The third-order valence-electron chi connectivity index (χ3n) is 11.0. The van der Waals surface area contributed by atoms with Gasteiger partial charge in [-0.1, -0.05) is 84.9 Å². The van der Waals surface area contributed by atoms with E-state index >= 15 is 0 Å². The molecule has 47 heavy (non-hydrogen) atoms. The Balaban J connectivity index is 1.27. The number of fused-ring (bicyclic) bond motifs is 7. The minimum absolute atomic E-state index is 0.00553. The number of ether oxygens (including phenoxy) is 3. The fraction of sp³-hybridized carbons (Fsp3) is 0.286. The third-order valence-corrected chi connectivity index (χ3v) is 11.0. The molecule has 0 unspecified atom stereocenters. The van der Waals surface area contributed by atoms with Crippen LogP contribution in [0.3, 0.4) is 0 Å². The van der Waals surface area contributed by atoms with Gasteiger partial charge in [0.15, 0.2) is 11.5 Å². The van der Waals surface area contributed by atoms with Gasteiger partial charge in [0.1, 0.15) is 23.0 Å². The topological polar surface area (TPSA) is 30.9 Å². The van der Waals surface area contributed by atoms with E-state index in [1.165, 1.54) is 34.0 Å². The molecule has 5 aromatic carbocycles. The van der Waals surface area contributed by atoms with Crippen molar-refractivity contribution >= 4 is 40.2 Å². The molecule has 0 fully saturated rings. The Bertz CT molecular complexity index is 2090. The van der Waals surface area contributed by atoms with Gasteiger partial charge in [0, 0.05) is 11.5 Å². The van der Waals surface area contributed by atoms with Gasteiger partial charge < -0.3 is 19.1 Å². The van der Waals surface area contributed by atoms with Crippen LogP contribution in [0.4, 0.5) is 17.1 Å². The Morgan fingerprint density at radius 1 is 0.574 bits per heavy atom. The number of para-hydroxylation sites is 4. The van der Waals surface area contributed by atoms with Gasteiger partial charge in [-0.15, -0.1) is 0 Å². The summed E-state index contributed by atoms with van der Waals surface area (Å²) in [4.78, 5) is 2.28. The Morgan fingerprint density at radius 3 is 1.70 bits per heavy atom. The predicted octanol–water partition coefficient (Wildman–Crippen LogP) is 9.64. The molecule has 5 heteroatoms. The van der Waals surface area contributed by atoms with Gasteiger partial charge in [0.25, 0.3) is 6.71 Å². The highest BCUT2D eigenvalue weighted by Crippen LogP contribution is 2.52. The van der Waals surface area contributed by atoms with Crippen LogP contribution < -0.4 is 35.5 Å². The number of rotatable bonds is 1. The summed E-state index contributed by atoms with van der Waals surface area (Å²) in [5.41, 5.74) is 10.7. The van der Waals surface area contributed by atoms with E-state index in [9.17, 15) is 0 Å². The molecule has 0 bridgehead atoms. The number of benzene rings is 5. The molecule has 9 rings (SSSR count). The number of hydrogen-bond acceptors (Lipinski definition) is 4. The molecule has 0 spiro atoms. The Labute approximate surface area is 278 Å². The third kappa shape index (κ3) is 4.21. The van der Waals surface area contributed by atoms with Gasteiger partial charge in [-0.05, 0) is 105 Å². The average molecular weight is 618 g/mol. The van der Waals surface area contributed by atoms with Crippen molar-refractivity contribution in [2.45, 2.75) is 77.6 Å². The predicted molar refractivity (Wildman–Crippen MR) is 193 cm³/mol. The van der Waals surface area contributed by atoms with Crippen LogP contribution in [0.15, 0.2) is 91.0 Å². The van der Waals surface area contributed by atoms with E-state index in [-0.39, 0.29) is 23.0 Å². The highest BCUT2D eigenvalue weighted by molar-refractivity contribution is 6.98. The van der Waals surface area contributed by atoms with E-state index < -0.39 is 0 Å². The molecule has 234 valence electrons. The van der Waals surface area contributed by atoms with Crippen molar-refractivity contribution in [3.63, 3.8) is 0 Å². The van der Waals surface area contributed by atoms with Crippen LogP contribution in [-0.2, 0) is 16.2 Å². The summed E-state index contributed by atoms with van der Waals surface area (Å²) in [6.45, 7) is 16.3. The van der Waals surface area contributed by atoms with Crippen molar-refractivity contribution < 1.29 is 14.2 Å². The molecular formula is C42H40BNO3. The molecular weight excluding hydrogens is 577 g/mol. The normalized spacial score (nSPS) is 17.4. The molecule has 1 aliphatic carbocycles. The first-order chi connectivity index (χ1) is 22.4. The van der Waals surface area contributed by atoms with Crippen molar-refractivity contribution in [3.05, 3.63) is 108 Å². The van der Waals surface area contributed by atoms with Crippen LogP contribution in [0.2, 0.25) is 0 Å². The first-order valence-electron chi connectivity index (χ1n) is 16.9. The monoisotopic (exact) mass is 617 g/mol. The maximum Gasteiger partial charge on any atom is 0.260 e. The zero-order chi connectivity index (χ0) is 32.5. The summed E-state index contributed by atoms with van der Waals surface area (Å²) in [5, 5.41) is 0. The molecule has 3 heterocycles. The first kappa shape index (κ1) is 28.6. The van der Waals surface area contributed by atoms with E-state index in [0.29, 0.717) is 0 Å². The lowest BCUT2D eigenvalue weighted by atomic mass is 9.34. The molecule has 0 aromatic heterocycles. The van der Waals surface area contributed by atoms with Crippen molar-refractivity contribution in [2.75, 3.05) is 4.90 Å². The quantitative estimate of drug-likeness (QED) is 0.172. The second kappa shape index (κ2) is 9.47. The summed E-state index contributed by atoms with van der Waals surface area (Å²) in [6, 6.07) is 32.5. The molecule has 0 atom stereocenters. The highest BCUT2D eigenvalue weighted by Gasteiger charge is 2.45. The van der Waals surface area contributed by atoms with E-state index in [1.54, 1.807) is 0 Å². The molecule has 3 aliphatic heterocycles. The van der Waals surface area contributed by atoms with Crippen LogP contribution in [0.25, 0.3) is 0 Å². The number of nitrogens with zero attached hydrogens (tertiary/aromatic N) is 1. The maximum absolute atomic E-state index is 6.93. The summed E-state index contributed by atoms with van der Waals surface area (Å²) < 4.78 is 20.1. The molecule has 5 aromatic rings. The second-order valence-electron chi connectivity index (χ2n) is 16.1. The zero-order valence-electron chi connectivity index (χ0n) is 28.3. The minimum Gasteiger partial charge on any atom is -0.458 e. The van der Waals surface area contributed by atoms with Gasteiger partial charge in [0.05, 0.1) is 17.1 Å². The van der Waals surface area contributed by atoms with Crippen LogP contribution in [0.1, 0.15) is 78.0 Å². The lowest BCUT2D eigenvalue weighted by molar-refractivity contribution is 0.330. The second-order valence-corrected chi connectivity index (χ2v) is 16.1. The SMILES string of the molecule is CC(C)(C)c1cc2c3c(c1)Oc1cc4c(cc1B3c1ccc(N3c5ccccc5Oc5ccccc53)cc1O2)C(C)(C)CCC4(C)C. The average Bonchev–Trinajstić information content (AvgIpc) is 3.04.